The summed E-state index contributed by atoms with van der Waals surface area (Å²) in [6.45, 7) is 13.6. The molecule has 0 saturated heterocycles. The van der Waals surface area contributed by atoms with Crippen LogP contribution in [0.3, 0.4) is 0 Å². The van der Waals surface area contributed by atoms with E-state index in [9.17, 15) is 14.7 Å². The van der Waals surface area contributed by atoms with E-state index in [0.717, 1.165) is 51.4 Å². The van der Waals surface area contributed by atoms with Gasteiger partial charge in [-0.15, -0.1) is 0 Å². The monoisotopic (exact) mass is 619 g/mol. The normalized spacial score (nSPS) is 37.1. The number of fused-ring (bicyclic) bond motifs is 5. The van der Waals surface area contributed by atoms with Crippen molar-refractivity contribution in [2.75, 3.05) is 39.8 Å². The molecular formula is C36H66N4O4. The van der Waals surface area contributed by atoms with Gasteiger partial charge in [0.1, 0.15) is 6.04 Å². The van der Waals surface area contributed by atoms with Crippen molar-refractivity contribution in [3.63, 3.8) is 0 Å². The highest BCUT2D eigenvalue weighted by atomic mass is 16.5. The van der Waals surface area contributed by atoms with Crippen LogP contribution in [0.2, 0.25) is 0 Å². The molecule has 10 atom stereocenters. The summed E-state index contributed by atoms with van der Waals surface area (Å²) in [6, 6.07) is -0.583. The van der Waals surface area contributed by atoms with E-state index in [1.807, 2.05) is 13.8 Å². The molecule has 0 aliphatic heterocycles. The molecule has 0 aromatic carbocycles. The predicted molar refractivity (Wildman–Crippen MR) is 177 cm³/mol. The molecule has 1 amide bonds. The Labute approximate surface area is 268 Å². The third-order valence-electron chi connectivity index (χ3n) is 13.1. The summed E-state index contributed by atoms with van der Waals surface area (Å²) in [4.78, 5) is 24.8. The lowest BCUT2D eigenvalue weighted by molar-refractivity contribution is -0.168. The van der Waals surface area contributed by atoms with E-state index >= 15 is 0 Å². The van der Waals surface area contributed by atoms with Gasteiger partial charge in [-0.05, 0) is 136 Å². The van der Waals surface area contributed by atoms with Crippen LogP contribution in [0.15, 0.2) is 0 Å². The van der Waals surface area contributed by atoms with E-state index < -0.39 is 6.04 Å². The first-order valence-corrected chi connectivity index (χ1v) is 18.2. The van der Waals surface area contributed by atoms with E-state index in [-0.39, 0.29) is 29.3 Å². The first kappa shape index (κ1) is 35.6. The first-order valence-electron chi connectivity index (χ1n) is 18.2. The number of aliphatic hydroxyl groups is 1. The zero-order valence-electron chi connectivity index (χ0n) is 28.7. The molecule has 4 unspecified atom stereocenters. The maximum atomic E-state index is 12.7. The van der Waals surface area contributed by atoms with Crippen LogP contribution in [0.1, 0.15) is 111 Å². The number of hydrogen-bond donors (Lipinski definition) is 5. The molecule has 4 rings (SSSR count). The fourth-order valence-electron chi connectivity index (χ4n) is 10.6. The van der Waals surface area contributed by atoms with Gasteiger partial charge in [-0.25, -0.2) is 4.79 Å². The number of nitrogens with one attached hydrogen (secondary N) is 3. The zero-order chi connectivity index (χ0) is 31.9. The Morgan fingerprint density at radius 2 is 1.61 bits per heavy atom. The Balaban J connectivity index is 1.26. The van der Waals surface area contributed by atoms with Crippen LogP contribution >= 0.6 is 0 Å². The van der Waals surface area contributed by atoms with Gasteiger partial charge in [0.05, 0.1) is 13.2 Å². The Kier molecular flexibility index (Phi) is 13.0. The lowest BCUT2D eigenvalue weighted by Crippen LogP contribution is -2.58. The molecule has 0 bridgehead atoms. The molecule has 44 heavy (non-hydrogen) atoms. The number of esters is 1. The molecule has 0 aromatic heterocycles. The van der Waals surface area contributed by atoms with Gasteiger partial charge in [0.2, 0.25) is 5.91 Å². The molecule has 4 saturated carbocycles. The Bertz CT molecular complexity index is 932. The molecule has 6 N–H and O–H groups in total. The predicted octanol–water partition coefficient (Wildman–Crippen LogP) is 4.63. The number of carbonyl (C=O) groups excluding carboxylic acids is 2. The number of methoxy groups -OCH3 is 1. The van der Waals surface area contributed by atoms with E-state index in [4.69, 9.17) is 10.5 Å². The molecule has 0 radical (unpaired) electrons. The molecule has 8 nitrogen and oxygen atoms in total. The van der Waals surface area contributed by atoms with Crippen molar-refractivity contribution < 1.29 is 19.4 Å². The molecule has 4 aliphatic rings. The number of nitrogens with two attached hydrogens (primary N) is 1. The fraction of sp³-hybridized carbons (Fsp3) is 0.944. The summed E-state index contributed by atoms with van der Waals surface area (Å²) in [5.74, 6) is 3.32. The lowest BCUT2D eigenvalue weighted by Gasteiger charge is -2.62. The van der Waals surface area contributed by atoms with E-state index in [1.165, 1.54) is 64.9 Å². The lowest BCUT2D eigenvalue weighted by atomic mass is 9.43. The first-order chi connectivity index (χ1) is 21.0. The van der Waals surface area contributed by atoms with Gasteiger partial charge in [-0.2, -0.15) is 0 Å². The topological polar surface area (TPSA) is 126 Å². The Morgan fingerprint density at radius 3 is 2.32 bits per heavy atom. The van der Waals surface area contributed by atoms with Crippen LogP contribution in [0.4, 0.5) is 0 Å². The molecule has 0 spiro atoms. The third-order valence-corrected chi connectivity index (χ3v) is 13.1. The van der Waals surface area contributed by atoms with Crippen molar-refractivity contribution in [3.05, 3.63) is 0 Å². The quantitative estimate of drug-likeness (QED) is 0.126. The van der Waals surface area contributed by atoms with Gasteiger partial charge in [-0.3, -0.25) is 4.79 Å². The summed E-state index contributed by atoms with van der Waals surface area (Å²) in [7, 11) is 1.37. The zero-order valence-corrected chi connectivity index (χ0v) is 28.7. The van der Waals surface area contributed by atoms with Gasteiger partial charge < -0.3 is 31.5 Å². The van der Waals surface area contributed by atoms with Crippen molar-refractivity contribution in [2.45, 2.75) is 123 Å². The maximum absolute atomic E-state index is 12.7. The smallest absolute Gasteiger partial charge is 0.328 e. The second-order valence-electron chi connectivity index (χ2n) is 15.9. The average molecular weight is 619 g/mol. The van der Waals surface area contributed by atoms with Gasteiger partial charge >= 0.3 is 5.97 Å². The molecule has 0 heterocycles. The minimum Gasteiger partial charge on any atom is -0.467 e. The van der Waals surface area contributed by atoms with Crippen molar-refractivity contribution in [1.82, 2.24) is 16.0 Å². The van der Waals surface area contributed by atoms with Crippen LogP contribution < -0.4 is 21.7 Å². The van der Waals surface area contributed by atoms with Crippen LogP contribution in [-0.4, -0.2) is 69.0 Å². The largest absolute Gasteiger partial charge is 0.467 e. The molecule has 4 aliphatic carbocycles. The number of ether oxygens (including phenoxy) is 1. The second kappa shape index (κ2) is 16.1. The van der Waals surface area contributed by atoms with E-state index in [0.29, 0.717) is 48.0 Å². The van der Waals surface area contributed by atoms with E-state index in [2.05, 4.69) is 29.8 Å². The Morgan fingerprint density at radius 1 is 0.909 bits per heavy atom. The molecule has 4 fully saturated rings. The minimum absolute atomic E-state index is 0.00326. The second-order valence-corrected chi connectivity index (χ2v) is 15.9. The van der Waals surface area contributed by atoms with Crippen LogP contribution in [0.25, 0.3) is 0 Å². The highest BCUT2D eigenvalue weighted by Crippen LogP contribution is 2.68. The van der Waals surface area contributed by atoms with Gasteiger partial charge in [-0.1, -0.05) is 27.7 Å². The summed E-state index contributed by atoms with van der Waals surface area (Å²) in [6.07, 6.45) is 14.7. The summed E-state index contributed by atoms with van der Waals surface area (Å²) in [5.41, 5.74) is 6.17. The summed E-state index contributed by atoms with van der Waals surface area (Å²) in [5, 5.41) is 21.6. The average Bonchev–Trinajstić information content (AvgIpc) is 3.33. The number of amides is 1. The van der Waals surface area contributed by atoms with Gasteiger partial charge in [0.25, 0.3) is 0 Å². The van der Waals surface area contributed by atoms with Crippen molar-refractivity contribution in [3.8, 4) is 0 Å². The fourth-order valence-corrected chi connectivity index (χ4v) is 10.6. The number of hydrogen-bond acceptors (Lipinski definition) is 7. The maximum Gasteiger partial charge on any atom is 0.328 e. The van der Waals surface area contributed by atoms with Crippen LogP contribution in [0.5, 0.6) is 0 Å². The molecular weight excluding hydrogens is 552 g/mol. The molecule has 254 valence electrons. The van der Waals surface area contributed by atoms with Crippen molar-refractivity contribution in [2.24, 2.45) is 58.0 Å². The number of rotatable bonds is 16. The van der Waals surface area contributed by atoms with Crippen LogP contribution in [-0.2, 0) is 14.3 Å². The summed E-state index contributed by atoms with van der Waals surface area (Å²) < 4.78 is 4.89. The number of carbonyl (C=O) groups is 2. The van der Waals surface area contributed by atoms with E-state index in [1.54, 1.807) is 0 Å². The van der Waals surface area contributed by atoms with Crippen molar-refractivity contribution in [1.29, 1.82) is 0 Å². The molecule has 0 aromatic rings. The number of aliphatic hydroxyl groups excluding tert-OH is 1. The minimum atomic E-state index is -0.583. The highest BCUT2D eigenvalue weighted by molar-refractivity contribution is 5.84. The molecule has 8 heteroatoms. The van der Waals surface area contributed by atoms with Crippen LogP contribution in [0, 0.1) is 52.3 Å². The Hall–Kier alpha value is -1.22. The standard InChI is InChI=1S/C36H66N4O4/c1-24(2)33(34(43)44-5)40-31(42)10-6-9-26-11-12-28-32-29(14-16-35(26,28)3)36(4)15-13-25(22-27(36)23-30(32)41)8-7-18-38-20-21-39-19-17-37/h24-30,32-33,38-39,41H,6-23,37H2,1-5H3,(H,40,42)/t25-,26-,27-,28?,29?,30+,32?,33+,35?,36-/m0/s1. The van der Waals surface area contributed by atoms with Gasteiger partial charge in [0.15, 0.2) is 0 Å². The van der Waals surface area contributed by atoms with Crippen molar-refractivity contribution >= 4 is 11.9 Å². The summed E-state index contributed by atoms with van der Waals surface area (Å²) >= 11 is 0. The highest BCUT2D eigenvalue weighted by Gasteiger charge is 2.62. The van der Waals surface area contributed by atoms with Gasteiger partial charge in [0, 0.05) is 32.6 Å². The SMILES string of the molecule is COC(=O)[C@H](NC(=O)CCC[C@H]1CCC2C3C(CCC21C)[C@@]1(C)CC[C@H](CCCNCCNCCN)C[C@H]1C[C@H]3O)C(C)C. The third kappa shape index (κ3) is 8.01.